The number of nitrogens with one attached hydrogen (secondary N) is 1. The lowest BCUT2D eigenvalue weighted by Crippen LogP contribution is -2.46. The highest BCUT2D eigenvalue weighted by Gasteiger charge is 2.31. The Bertz CT molecular complexity index is 1130. The smallest absolute Gasteiger partial charge is 0.270 e. The lowest BCUT2D eigenvalue weighted by Gasteiger charge is -2.25. The molecule has 0 radical (unpaired) electrons. The zero-order valence-corrected chi connectivity index (χ0v) is 20.6. The van der Waals surface area contributed by atoms with E-state index in [1.54, 1.807) is 31.7 Å². The van der Waals surface area contributed by atoms with Crippen molar-refractivity contribution in [1.29, 1.82) is 0 Å². The molecule has 3 aliphatic rings. The summed E-state index contributed by atoms with van der Waals surface area (Å²) in [6, 6.07) is 0.972. The highest BCUT2D eigenvalue weighted by Crippen LogP contribution is 2.30. The van der Waals surface area contributed by atoms with Crippen LogP contribution in [0.4, 0.5) is 0 Å². The van der Waals surface area contributed by atoms with E-state index in [4.69, 9.17) is 0 Å². The van der Waals surface area contributed by atoms with Crippen molar-refractivity contribution < 1.29 is 14.8 Å². The van der Waals surface area contributed by atoms with E-state index in [0.29, 0.717) is 11.4 Å². The topological polar surface area (TPSA) is 99.8 Å². The molecule has 0 bridgehead atoms. The molecule has 1 atom stereocenters. The molecular weight excluding hydrogens is 442 g/mol. The van der Waals surface area contributed by atoms with E-state index in [9.17, 15) is 14.8 Å². The molecule has 0 spiro atoms. The van der Waals surface area contributed by atoms with Gasteiger partial charge in [0.2, 0.25) is 0 Å². The number of amides is 2. The number of hydroxylamine groups is 2. The number of carbonyl (C=O) groups is 2. The van der Waals surface area contributed by atoms with Gasteiger partial charge in [0.05, 0.1) is 5.71 Å². The second-order valence-electron chi connectivity index (χ2n) is 9.42. The third-order valence-electron chi connectivity index (χ3n) is 6.81. The predicted molar refractivity (Wildman–Crippen MR) is 135 cm³/mol. The number of rotatable bonds is 4. The summed E-state index contributed by atoms with van der Waals surface area (Å²) in [4.78, 5) is 30.7. The molecular formula is C27H33N5O3. The summed E-state index contributed by atoms with van der Waals surface area (Å²) in [5.41, 5.74) is 4.87. The van der Waals surface area contributed by atoms with Gasteiger partial charge in [-0.25, -0.2) is 10.1 Å². The van der Waals surface area contributed by atoms with Gasteiger partial charge >= 0.3 is 0 Å². The standard InChI is InChI=1S/C27H33N5O3/c1-18-16-32(35)17-19(2)24(18)20-10-12-22(13-11-20)29-27(34)25(21-8-6-4-5-7-9-21)30-26(33)23-14-15-28-31(23)3/h10-17,21,25,35H,4-9H2,1-3H3,(H,30,33)/t25-/m0/s1. The van der Waals surface area contributed by atoms with Gasteiger partial charge in [-0.15, -0.1) is 0 Å². The molecule has 0 aromatic carbocycles. The van der Waals surface area contributed by atoms with Crippen molar-refractivity contribution in [2.75, 3.05) is 0 Å². The van der Waals surface area contributed by atoms with Crippen molar-refractivity contribution in [1.82, 2.24) is 20.2 Å². The summed E-state index contributed by atoms with van der Waals surface area (Å²) in [6.07, 6.45) is 18.6. The molecule has 8 heteroatoms. The largest absolute Gasteiger partial charge is 0.339 e. The second-order valence-corrected chi connectivity index (χ2v) is 9.42. The Hall–Kier alpha value is -3.52. The Morgan fingerprint density at radius 3 is 2.26 bits per heavy atom. The van der Waals surface area contributed by atoms with E-state index < -0.39 is 6.04 Å². The van der Waals surface area contributed by atoms with Gasteiger partial charge < -0.3 is 5.32 Å². The van der Waals surface area contributed by atoms with Crippen LogP contribution < -0.4 is 5.32 Å². The Morgan fingerprint density at radius 1 is 1.06 bits per heavy atom. The molecule has 35 heavy (non-hydrogen) atoms. The maximum atomic E-state index is 13.4. The summed E-state index contributed by atoms with van der Waals surface area (Å²) >= 11 is 0. The van der Waals surface area contributed by atoms with Crippen LogP contribution in [0.15, 0.2) is 76.3 Å². The first-order valence-corrected chi connectivity index (χ1v) is 12.2. The molecule has 2 aliphatic carbocycles. The zero-order valence-electron chi connectivity index (χ0n) is 20.6. The van der Waals surface area contributed by atoms with Gasteiger partial charge in [-0.1, -0.05) is 37.8 Å². The summed E-state index contributed by atoms with van der Waals surface area (Å²) in [6.45, 7) is 3.89. The van der Waals surface area contributed by atoms with Gasteiger partial charge in [-0.3, -0.25) is 19.5 Å². The summed E-state index contributed by atoms with van der Waals surface area (Å²) in [5, 5.41) is 17.8. The van der Waals surface area contributed by atoms with E-state index in [1.165, 1.54) is 4.68 Å². The summed E-state index contributed by atoms with van der Waals surface area (Å²) in [7, 11) is 1.71. The summed E-state index contributed by atoms with van der Waals surface area (Å²) in [5.74, 6) is -0.576. The molecule has 1 saturated carbocycles. The molecule has 2 amide bonds. The molecule has 1 aliphatic heterocycles. The van der Waals surface area contributed by atoms with Gasteiger partial charge in [0.1, 0.15) is 11.7 Å². The quantitative estimate of drug-likeness (QED) is 0.629. The summed E-state index contributed by atoms with van der Waals surface area (Å²) < 4.78 is 1.51. The van der Waals surface area contributed by atoms with Crippen molar-refractivity contribution in [2.24, 2.45) is 18.0 Å². The maximum Gasteiger partial charge on any atom is 0.270 e. The van der Waals surface area contributed by atoms with Crippen LogP contribution in [0.25, 0.3) is 0 Å². The Morgan fingerprint density at radius 2 is 1.69 bits per heavy atom. The van der Waals surface area contributed by atoms with Crippen LogP contribution >= 0.6 is 0 Å². The van der Waals surface area contributed by atoms with Crippen molar-refractivity contribution in [3.05, 3.63) is 77.0 Å². The number of hydrogen-bond donors (Lipinski definition) is 2. The van der Waals surface area contributed by atoms with Gasteiger partial charge in [-0.2, -0.15) is 5.10 Å². The minimum Gasteiger partial charge on any atom is -0.339 e. The van der Waals surface area contributed by atoms with Crippen LogP contribution in [-0.4, -0.2) is 43.6 Å². The van der Waals surface area contributed by atoms with Gasteiger partial charge in [0.25, 0.3) is 11.8 Å². The number of aryl methyl sites for hydroxylation is 1. The van der Waals surface area contributed by atoms with E-state index in [1.807, 2.05) is 38.2 Å². The fraction of sp³-hybridized carbons (Fsp3) is 0.407. The van der Waals surface area contributed by atoms with Gasteiger partial charge in [0.15, 0.2) is 0 Å². The lowest BCUT2D eigenvalue weighted by atomic mass is 9.90. The van der Waals surface area contributed by atoms with E-state index >= 15 is 0 Å². The first-order valence-electron chi connectivity index (χ1n) is 12.2. The van der Waals surface area contributed by atoms with Crippen molar-refractivity contribution in [3.8, 4) is 0 Å². The number of aliphatic imine (C=N–C) groups is 1. The van der Waals surface area contributed by atoms with Crippen LogP contribution in [0.1, 0.15) is 62.9 Å². The third-order valence-corrected chi connectivity index (χ3v) is 6.81. The molecule has 2 heterocycles. The van der Waals surface area contributed by atoms with Crippen LogP contribution in [0.2, 0.25) is 0 Å². The normalized spacial score (nSPS) is 19.8. The average molecular weight is 476 g/mol. The zero-order chi connectivity index (χ0) is 24.9. The average Bonchev–Trinajstić information content (AvgIpc) is 3.07. The number of allylic oxidation sites excluding steroid dienone is 8. The highest BCUT2D eigenvalue weighted by atomic mass is 16.5. The van der Waals surface area contributed by atoms with E-state index in [0.717, 1.165) is 65.9 Å². The molecule has 1 aromatic rings. The Labute approximate surface area is 206 Å². The minimum atomic E-state index is -0.672. The molecule has 2 N–H and O–H groups in total. The van der Waals surface area contributed by atoms with Crippen molar-refractivity contribution in [3.63, 3.8) is 0 Å². The molecule has 184 valence electrons. The lowest BCUT2D eigenvalue weighted by molar-refractivity contribution is -0.120. The highest BCUT2D eigenvalue weighted by molar-refractivity contribution is 6.12. The van der Waals surface area contributed by atoms with Gasteiger partial charge in [-0.05, 0) is 73.1 Å². The SMILES string of the molecule is CC1=CN(O)C=C(C)C1=C1C=CC(=NC(=O)[C@@H](NC(=O)c2ccnn2C)C2CCCCCC2)C=C1. The Balaban J connectivity index is 1.56. The fourth-order valence-corrected chi connectivity index (χ4v) is 5.07. The third kappa shape index (κ3) is 5.77. The monoisotopic (exact) mass is 475 g/mol. The molecule has 1 fully saturated rings. The van der Waals surface area contributed by atoms with Crippen LogP contribution in [0.5, 0.6) is 0 Å². The number of nitrogens with zero attached hydrogens (tertiary/aromatic N) is 4. The van der Waals surface area contributed by atoms with E-state index in [2.05, 4.69) is 15.4 Å². The minimum absolute atomic E-state index is 0.0602. The fourth-order valence-electron chi connectivity index (χ4n) is 5.07. The number of aromatic nitrogens is 2. The number of carbonyl (C=O) groups excluding carboxylic acids is 2. The molecule has 0 unspecified atom stereocenters. The molecule has 1 aromatic heterocycles. The van der Waals surface area contributed by atoms with Gasteiger partial charge in [0, 0.05) is 25.6 Å². The first kappa shape index (κ1) is 24.6. The van der Waals surface area contributed by atoms with Crippen molar-refractivity contribution >= 4 is 17.5 Å². The van der Waals surface area contributed by atoms with Crippen LogP contribution in [-0.2, 0) is 11.8 Å². The molecule has 8 nitrogen and oxygen atoms in total. The maximum absolute atomic E-state index is 13.4. The number of hydrogen-bond acceptors (Lipinski definition) is 5. The molecule has 0 saturated heterocycles. The Kier molecular flexibility index (Phi) is 7.60. The first-order chi connectivity index (χ1) is 16.8. The predicted octanol–water partition coefficient (Wildman–Crippen LogP) is 4.39. The van der Waals surface area contributed by atoms with Crippen LogP contribution in [0.3, 0.4) is 0 Å². The molecule has 4 rings (SSSR count). The van der Waals surface area contributed by atoms with E-state index in [-0.39, 0.29) is 17.7 Å². The van der Waals surface area contributed by atoms with Crippen molar-refractivity contribution in [2.45, 2.75) is 58.4 Å². The van der Waals surface area contributed by atoms with Crippen LogP contribution in [0, 0.1) is 5.92 Å². The second kappa shape index (κ2) is 10.8.